The van der Waals surface area contributed by atoms with Crippen molar-refractivity contribution >= 4 is 58.0 Å². The fraction of sp³-hybridized carbons (Fsp3) is 0.0952. The van der Waals surface area contributed by atoms with Gasteiger partial charge >= 0.3 is 5.97 Å². The van der Waals surface area contributed by atoms with Crippen LogP contribution in [0.3, 0.4) is 0 Å². The molecule has 2 N–H and O–H groups in total. The van der Waals surface area contributed by atoms with Gasteiger partial charge in [-0.1, -0.05) is 53.2 Å². The van der Waals surface area contributed by atoms with Crippen LogP contribution >= 0.6 is 35.0 Å². The highest BCUT2D eigenvalue weighted by Crippen LogP contribution is 2.40. The summed E-state index contributed by atoms with van der Waals surface area (Å²) in [5, 5.41) is 20.5. The maximum atomic E-state index is 12.6. The number of benzene rings is 2. The number of aromatic hydroxyl groups is 1. The van der Waals surface area contributed by atoms with Gasteiger partial charge in [0, 0.05) is 0 Å². The maximum absolute atomic E-state index is 12.6. The molecule has 154 valence electrons. The van der Waals surface area contributed by atoms with Gasteiger partial charge in [-0.3, -0.25) is 4.79 Å². The largest absolute Gasteiger partial charge is 0.506 e. The smallest absolute Gasteiger partial charge is 0.344 e. The quantitative estimate of drug-likeness (QED) is 0.589. The van der Waals surface area contributed by atoms with E-state index in [1.165, 1.54) is 18.2 Å². The number of aliphatic hydroxyl groups excluding tert-OH is 1. The van der Waals surface area contributed by atoms with Crippen LogP contribution in [0.25, 0.3) is 6.08 Å². The molecule has 2 aromatic rings. The van der Waals surface area contributed by atoms with E-state index in [4.69, 9.17) is 27.9 Å². The molecule has 6 nitrogen and oxygen atoms in total. The van der Waals surface area contributed by atoms with Crippen LogP contribution in [0, 0.1) is 0 Å². The Morgan fingerprint density at radius 2 is 1.87 bits per heavy atom. The molecule has 0 saturated heterocycles. The van der Waals surface area contributed by atoms with Crippen molar-refractivity contribution in [1.29, 1.82) is 0 Å². The fourth-order valence-electron chi connectivity index (χ4n) is 2.54. The monoisotopic (exact) mass is 463 g/mol. The van der Waals surface area contributed by atoms with E-state index in [1.54, 1.807) is 37.3 Å². The highest BCUT2D eigenvalue weighted by Gasteiger charge is 2.34. The summed E-state index contributed by atoms with van der Waals surface area (Å²) in [6, 6.07) is 10.9. The number of halogens is 2. The Kier molecular flexibility index (Phi) is 6.87. The third-order valence-corrected chi connectivity index (χ3v) is 5.60. The molecule has 1 aliphatic heterocycles. The van der Waals surface area contributed by atoms with Gasteiger partial charge < -0.3 is 14.9 Å². The van der Waals surface area contributed by atoms with Crippen LogP contribution in [0.5, 0.6) is 5.75 Å². The Balaban J connectivity index is 2.04. The first kappa shape index (κ1) is 22.0. The maximum Gasteiger partial charge on any atom is 0.344 e. The number of phenolic OH excluding ortho intramolecular Hbond substituents is 1. The topological polar surface area (TPSA) is 96.2 Å². The minimum absolute atomic E-state index is 0.00741. The van der Waals surface area contributed by atoms with Crippen LogP contribution in [-0.4, -0.2) is 33.7 Å². The van der Waals surface area contributed by atoms with Gasteiger partial charge in [0.15, 0.2) is 0 Å². The van der Waals surface area contributed by atoms with Crippen LogP contribution in [0.2, 0.25) is 10.0 Å². The van der Waals surface area contributed by atoms with Gasteiger partial charge in [-0.25, -0.2) is 9.79 Å². The number of thioether (sulfide) groups is 1. The lowest BCUT2D eigenvalue weighted by atomic mass is 10.1. The molecule has 1 aliphatic rings. The molecule has 0 saturated carbocycles. The van der Waals surface area contributed by atoms with Gasteiger partial charge in [-0.15, -0.1) is 0 Å². The molecule has 0 atom stereocenters. The molecule has 3 rings (SSSR count). The molecule has 0 bridgehead atoms. The van der Waals surface area contributed by atoms with E-state index in [0.29, 0.717) is 5.56 Å². The summed E-state index contributed by atoms with van der Waals surface area (Å²) in [7, 11) is 0. The van der Waals surface area contributed by atoms with Gasteiger partial charge in [0.1, 0.15) is 22.1 Å². The molecule has 0 aliphatic carbocycles. The Morgan fingerprint density at radius 3 is 2.53 bits per heavy atom. The average Bonchev–Trinajstić information content (AvgIpc) is 3.00. The first-order valence-electron chi connectivity index (χ1n) is 8.68. The van der Waals surface area contributed by atoms with E-state index in [9.17, 15) is 19.8 Å². The Hall–Kier alpha value is -2.74. The first-order valence-corrected chi connectivity index (χ1v) is 10.3. The molecule has 30 heavy (non-hydrogen) atoms. The predicted molar refractivity (Wildman–Crippen MR) is 118 cm³/mol. The van der Waals surface area contributed by atoms with Crippen LogP contribution < -0.4 is 0 Å². The summed E-state index contributed by atoms with van der Waals surface area (Å²) in [6.07, 6.45) is 1.55. The van der Waals surface area contributed by atoms with Crippen molar-refractivity contribution in [3.05, 3.63) is 79.9 Å². The number of esters is 1. The lowest BCUT2D eigenvalue weighted by molar-refractivity contribution is -0.138. The van der Waals surface area contributed by atoms with E-state index in [0.717, 1.165) is 11.8 Å². The Labute approximate surface area is 186 Å². The molecule has 0 spiro atoms. The summed E-state index contributed by atoms with van der Waals surface area (Å²) < 4.78 is 5.00. The molecule has 0 radical (unpaired) electrons. The minimum Gasteiger partial charge on any atom is -0.506 e. The molecule has 0 aromatic heterocycles. The van der Waals surface area contributed by atoms with Crippen LogP contribution in [0.4, 0.5) is 0 Å². The number of carbonyl (C=O) groups excluding carboxylic acids is 2. The van der Waals surface area contributed by atoms with Crippen molar-refractivity contribution in [3.8, 4) is 5.75 Å². The summed E-state index contributed by atoms with van der Waals surface area (Å²) in [6.45, 7) is 1.71. The second-order valence-electron chi connectivity index (χ2n) is 5.97. The molecule has 1 amide bonds. The van der Waals surface area contributed by atoms with Crippen LogP contribution in [-0.2, 0) is 9.53 Å². The summed E-state index contributed by atoms with van der Waals surface area (Å²) in [4.78, 5) is 29.3. The first-order chi connectivity index (χ1) is 14.3. The lowest BCUT2D eigenvalue weighted by Gasteiger charge is -2.04. The Morgan fingerprint density at radius 1 is 1.13 bits per heavy atom. The van der Waals surface area contributed by atoms with Crippen LogP contribution in [0.15, 0.2) is 63.7 Å². The number of phenols is 1. The predicted octanol–water partition coefficient (Wildman–Crippen LogP) is 5.40. The molecule has 0 fully saturated rings. The summed E-state index contributed by atoms with van der Waals surface area (Å²) in [5.41, 5.74) is 0.518. The van der Waals surface area contributed by atoms with E-state index < -0.39 is 11.9 Å². The van der Waals surface area contributed by atoms with Crippen molar-refractivity contribution in [2.24, 2.45) is 4.99 Å². The van der Waals surface area contributed by atoms with Crippen LogP contribution in [0.1, 0.15) is 22.8 Å². The summed E-state index contributed by atoms with van der Waals surface area (Å²) >= 11 is 12.9. The van der Waals surface area contributed by atoms with Crippen molar-refractivity contribution in [3.63, 3.8) is 0 Å². The van der Waals surface area contributed by atoms with Gasteiger partial charge in [0.05, 0.1) is 27.1 Å². The number of carbonyl (C=O) groups is 2. The lowest BCUT2D eigenvalue weighted by Crippen LogP contribution is -2.14. The molecular weight excluding hydrogens is 449 g/mol. The number of ether oxygens (including phenoxy) is 1. The van der Waals surface area contributed by atoms with E-state index in [-0.39, 0.29) is 49.2 Å². The van der Waals surface area contributed by atoms with Gasteiger partial charge in [-0.05, 0) is 42.8 Å². The van der Waals surface area contributed by atoms with Gasteiger partial charge in [0.25, 0.3) is 5.91 Å². The van der Waals surface area contributed by atoms with Crippen molar-refractivity contribution in [2.45, 2.75) is 6.92 Å². The molecule has 0 unspecified atom stereocenters. The normalized spacial score (nSPS) is 16.4. The highest BCUT2D eigenvalue weighted by molar-refractivity contribution is 8.18. The zero-order valence-electron chi connectivity index (χ0n) is 15.6. The molecule has 9 heteroatoms. The minimum atomic E-state index is -0.805. The second kappa shape index (κ2) is 9.38. The van der Waals surface area contributed by atoms with Gasteiger partial charge in [0.2, 0.25) is 0 Å². The van der Waals surface area contributed by atoms with E-state index in [1.807, 2.05) is 0 Å². The number of amides is 1. The number of hydrogen-bond acceptors (Lipinski definition) is 6. The van der Waals surface area contributed by atoms with Crippen molar-refractivity contribution in [2.75, 3.05) is 6.61 Å². The number of aliphatic hydroxyl groups is 1. The SMILES string of the molecule is CCOC(=O)C1=C(O)/C(=C/c2ccc(O)c(Cl)c2)SC1=NC(=O)c1ccccc1Cl. The zero-order valence-corrected chi connectivity index (χ0v) is 17.9. The third kappa shape index (κ3) is 4.70. The number of aliphatic imine (C=N–C) groups is 1. The Bertz CT molecular complexity index is 1120. The molecule has 1 heterocycles. The molecular formula is C21H15Cl2NO5S. The summed E-state index contributed by atoms with van der Waals surface area (Å²) in [5.74, 6) is -1.92. The van der Waals surface area contributed by atoms with Crippen molar-refractivity contribution in [1.82, 2.24) is 0 Å². The van der Waals surface area contributed by atoms with E-state index in [2.05, 4.69) is 4.99 Å². The highest BCUT2D eigenvalue weighted by atomic mass is 35.5. The number of nitrogens with zero attached hydrogens (tertiary/aromatic N) is 1. The number of rotatable bonds is 4. The zero-order chi connectivity index (χ0) is 21.8. The van der Waals surface area contributed by atoms with Crippen molar-refractivity contribution < 1.29 is 24.5 Å². The van der Waals surface area contributed by atoms with Gasteiger partial charge in [-0.2, -0.15) is 0 Å². The molecule has 2 aromatic carbocycles. The third-order valence-electron chi connectivity index (χ3n) is 3.95. The average molecular weight is 464 g/mol. The fourth-order valence-corrected chi connectivity index (χ4v) is 3.96. The second-order valence-corrected chi connectivity index (χ2v) is 7.81. The number of hydrogen-bond donors (Lipinski definition) is 2. The standard InChI is InChI=1S/C21H15Cl2NO5S/c1-2-29-21(28)17-18(26)16(10-11-7-8-15(25)14(23)9-11)30-20(17)24-19(27)12-5-3-4-6-13(12)22/h3-10,25-26H,2H2,1H3/b16-10-,24-20?. The van der Waals surface area contributed by atoms with E-state index >= 15 is 0 Å².